The second kappa shape index (κ2) is 8.92. The zero-order valence-electron chi connectivity index (χ0n) is 11.5. The minimum atomic E-state index is -0.224. The summed E-state index contributed by atoms with van der Waals surface area (Å²) in [4.78, 5) is 26.1. The van der Waals surface area contributed by atoms with E-state index in [9.17, 15) is 9.59 Å². The van der Waals surface area contributed by atoms with Crippen molar-refractivity contribution in [2.24, 2.45) is 0 Å². The summed E-state index contributed by atoms with van der Waals surface area (Å²) in [6.45, 7) is 2.45. The first-order valence-corrected chi connectivity index (χ1v) is 7.63. The van der Waals surface area contributed by atoms with Crippen LogP contribution in [0.25, 0.3) is 0 Å². The monoisotopic (exact) mass is 312 g/mol. The summed E-state index contributed by atoms with van der Waals surface area (Å²) in [6.07, 6.45) is 1.22. The van der Waals surface area contributed by atoms with E-state index < -0.39 is 0 Å². The molecule has 0 saturated heterocycles. The molecule has 0 aliphatic rings. The number of hydrogen-bond donors (Lipinski definition) is 3. The summed E-state index contributed by atoms with van der Waals surface area (Å²) in [5.74, 6) is 0.292. The highest BCUT2D eigenvalue weighted by atomic mass is 32.1. The molecule has 6 heteroatoms. The van der Waals surface area contributed by atoms with Crippen LogP contribution in [0.4, 0.5) is 5.69 Å². The minimum Gasteiger partial charge on any atom is -0.333 e. The van der Waals surface area contributed by atoms with Crippen molar-refractivity contribution in [3.05, 3.63) is 24.3 Å². The Kier molecular flexibility index (Phi) is 7.54. The zero-order valence-corrected chi connectivity index (χ0v) is 13.3. The van der Waals surface area contributed by atoms with Gasteiger partial charge in [-0.1, -0.05) is 19.1 Å². The Morgan fingerprint density at radius 2 is 2.00 bits per heavy atom. The average molecular weight is 312 g/mol. The number of para-hydroxylation sites is 1. The van der Waals surface area contributed by atoms with E-state index in [1.54, 1.807) is 12.1 Å². The van der Waals surface area contributed by atoms with Crippen LogP contribution in [0.2, 0.25) is 0 Å². The highest BCUT2D eigenvalue weighted by Gasteiger charge is 2.16. The molecule has 20 heavy (non-hydrogen) atoms. The van der Waals surface area contributed by atoms with Crippen LogP contribution < -0.4 is 5.32 Å². The Morgan fingerprint density at radius 1 is 1.30 bits per heavy atom. The molecule has 1 rings (SSSR count). The fraction of sp³-hybridized carbons (Fsp3) is 0.429. The van der Waals surface area contributed by atoms with Crippen LogP contribution >= 0.6 is 25.3 Å². The van der Waals surface area contributed by atoms with Gasteiger partial charge in [0.1, 0.15) is 0 Å². The maximum Gasteiger partial charge on any atom is 0.244 e. The lowest BCUT2D eigenvalue weighted by molar-refractivity contribution is -0.134. The Bertz CT molecular complexity index is 466. The molecule has 110 valence electrons. The van der Waals surface area contributed by atoms with Crippen LogP contribution in [-0.2, 0) is 9.59 Å². The Balaban J connectivity index is 2.62. The van der Waals surface area contributed by atoms with Crippen LogP contribution in [0, 0.1) is 0 Å². The minimum absolute atomic E-state index is 0.0177. The van der Waals surface area contributed by atoms with E-state index in [0.717, 1.165) is 6.42 Å². The molecular weight excluding hydrogens is 292 g/mol. The first-order valence-electron chi connectivity index (χ1n) is 6.55. The SMILES string of the molecule is CCCC(=O)N(CCS)CC(=O)Nc1ccccc1S. The summed E-state index contributed by atoms with van der Waals surface area (Å²) in [5, 5.41) is 2.76. The van der Waals surface area contributed by atoms with Gasteiger partial charge in [0.05, 0.1) is 12.2 Å². The van der Waals surface area contributed by atoms with Crippen molar-refractivity contribution in [3.63, 3.8) is 0 Å². The molecule has 0 unspecified atom stereocenters. The lowest BCUT2D eigenvalue weighted by Gasteiger charge is -2.21. The third-order valence-corrected chi connectivity index (χ3v) is 3.29. The van der Waals surface area contributed by atoms with Gasteiger partial charge in [0, 0.05) is 23.6 Å². The van der Waals surface area contributed by atoms with Gasteiger partial charge < -0.3 is 10.2 Å². The molecule has 0 saturated carbocycles. The molecule has 1 N–H and O–H groups in total. The van der Waals surface area contributed by atoms with Gasteiger partial charge in [-0.3, -0.25) is 9.59 Å². The van der Waals surface area contributed by atoms with Crippen LogP contribution in [-0.4, -0.2) is 35.6 Å². The number of nitrogens with zero attached hydrogens (tertiary/aromatic N) is 1. The fourth-order valence-corrected chi connectivity index (χ4v) is 2.18. The van der Waals surface area contributed by atoms with Gasteiger partial charge in [-0.15, -0.1) is 12.6 Å². The van der Waals surface area contributed by atoms with Crippen molar-refractivity contribution in [1.29, 1.82) is 0 Å². The Labute approximate surface area is 130 Å². The predicted molar refractivity (Wildman–Crippen MR) is 87.7 cm³/mol. The van der Waals surface area contributed by atoms with E-state index >= 15 is 0 Å². The fourth-order valence-electron chi connectivity index (χ4n) is 1.73. The van der Waals surface area contributed by atoms with Crippen LogP contribution in [0.15, 0.2) is 29.2 Å². The van der Waals surface area contributed by atoms with Gasteiger partial charge in [0.25, 0.3) is 0 Å². The van der Waals surface area contributed by atoms with Crippen LogP contribution in [0.1, 0.15) is 19.8 Å². The average Bonchev–Trinajstić information content (AvgIpc) is 2.41. The highest BCUT2D eigenvalue weighted by Crippen LogP contribution is 2.18. The second-order valence-electron chi connectivity index (χ2n) is 4.35. The molecule has 0 aliphatic carbocycles. The largest absolute Gasteiger partial charge is 0.333 e. The number of benzene rings is 1. The molecule has 2 amide bonds. The summed E-state index contributed by atoms with van der Waals surface area (Å²) in [6, 6.07) is 7.24. The molecule has 1 aromatic rings. The molecule has 0 aliphatic heterocycles. The molecule has 0 fully saturated rings. The number of hydrogen-bond acceptors (Lipinski definition) is 4. The van der Waals surface area contributed by atoms with Crippen molar-refractivity contribution in [1.82, 2.24) is 4.90 Å². The zero-order chi connectivity index (χ0) is 15.0. The maximum absolute atomic E-state index is 12.0. The molecule has 0 radical (unpaired) electrons. The molecule has 0 aromatic heterocycles. The second-order valence-corrected chi connectivity index (χ2v) is 5.28. The summed E-state index contributed by atoms with van der Waals surface area (Å²) in [7, 11) is 0. The summed E-state index contributed by atoms with van der Waals surface area (Å²) >= 11 is 8.39. The number of nitrogens with one attached hydrogen (secondary N) is 1. The molecule has 0 bridgehead atoms. The van der Waals surface area contributed by atoms with E-state index in [2.05, 4.69) is 30.6 Å². The molecule has 0 spiro atoms. The molecule has 4 nitrogen and oxygen atoms in total. The van der Waals surface area contributed by atoms with Gasteiger partial charge in [0.2, 0.25) is 11.8 Å². The molecule has 1 aromatic carbocycles. The van der Waals surface area contributed by atoms with Crippen molar-refractivity contribution in [3.8, 4) is 0 Å². The lowest BCUT2D eigenvalue weighted by Crippen LogP contribution is -2.39. The first kappa shape index (κ1) is 16.9. The van der Waals surface area contributed by atoms with E-state index in [0.29, 0.717) is 29.3 Å². The molecular formula is C14H20N2O2S2. The number of anilines is 1. The number of thiol groups is 2. The van der Waals surface area contributed by atoms with Gasteiger partial charge in [0.15, 0.2) is 0 Å². The Morgan fingerprint density at radius 3 is 2.60 bits per heavy atom. The van der Waals surface area contributed by atoms with E-state index in [1.165, 1.54) is 4.90 Å². The van der Waals surface area contributed by atoms with E-state index in [1.807, 2.05) is 19.1 Å². The van der Waals surface area contributed by atoms with Gasteiger partial charge in [-0.25, -0.2) is 0 Å². The number of carbonyl (C=O) groups is 2. The maximum atomic E-state index is 12.0. The van der Waals surface area contributed by atoms with Crippen molar-refractivity contribution in [2.75, 3.05) is 24.2 Å². The summed E-state index contributed by atoms with van der Waals surface area (Å²) < 4.78 is 0. The topological polar surface area (TPSA) is 49.4 Å². The quantitative estimate of drug-likeness (QED) is 0.678. The number of amides is 2. The van der Waals surface area contributed by atoms with Crippen molar-refractivity contribution >= 4 is 42.8 Å². The number of carbonyl (C=O) groups excluding carboxylic acids is 2. The van der Waals surface area contributed by atoms with E-state index in [4.69, 9.17) is 0 Å². The lowest BCUT2D eigenvalue weighted by atomic mass is 10.3. The molecule has 0 atom stereocenters. The standard InChI is InChI=1S/C14H20N2O2S2/c1-2-5-14(18)16(8-9-19)10-13(17)15-11-6-3-4-7-12(11)20/h3-4,6-7,19-20H,2,5,8-10H2,1H3,(H,15,17). The molecule has 0 heterocycles. The number of rotatable bonds is 7. The van der Waals surface area contributed by atoms with E-state index in [-0.39, 0.29) is 18.4 Å². The predicted octanol–water partition coefficient (Wildman–Crippen LogP) is 2.47. The van der Waals surface area contributed by atoms with Gasteiger partial charge in [-0.2, -0.15) is 12.6 Å². The highest BCUT2D eigenvalue weighted by molar-refractivity contribution is 7.80. The smallest absolute Gasteiger partial charge is 0.244 e. The third-order valence-electron chi connectivity index (χ3n) is 2.70. The Hall–Kier alpha value is -1.14. The first-order chi connectivity index (χ1) is 9.58. The third kappa shape index (κ3) is 5.46. The van der Waals surface area contributed by atoms with Crippen molar-refractivity contribution < 1.29 is 9.59 Å². The normalized spacial score (nSPS) is 10.2. The summed E-state index contributed by atoms with van der Waals surface area (Å²) in [5.41, 5.74) is 0.648. The van der Waals surface area contributed by atoms with Gasteiger partial charge >= 0.3 is 0 Å². The van der Waals surface area contributed by atoms with Crippen molar-refractivity contribution in [2.45, 2.75) is 24.7 Å². The van der Waals surface area contributed by atoms with Gasteiger partial charge in [-0.05, 0) is 18.6 Å². The van der Waals surface area contributed by atoms with Crippen LogP contribution in [0.3, 0.4) is 0 Å². The van der Waals surface area contributed by atoms with Crippen LogP contribution in [0.5, 0.6) is 0 Å².